The Bertz CT molecular complexity index is 920. The van der Waals surface area contributed by atoms with E-state index >= 15 is 0 Å². The van der Waals surface area contributed by atoms with Crippen molar-refractivity contribution in [2.45, 2.75) is 40.4 Å². The van der Waals surface area contributed by atoms with Crippen LogP contribution in [0.4, 0.5) is 5.69 Å². The number of benzene rings is 2. The van der Waals surface area contributed by atoms with Gasteiger partial charge >= 0.3 is 5.97 Å². The number of Topliss-reactive ketones (excluding diaryl/α,β-unsaturated/α-hetero) is 1. The molecule has 1 N–H and O–H groups in total. The molecule has 0 fully saturated rings. The molecule has 0 saturated carbocycles. The molecule has 0 bridgehead atoms. The molecular formula is C24H29NO6. The lowest BCUT2D eigenvalue weighted by Crippen LogP contribution is -2.24. The Balaban J connectivity index is 2.05. The molecule has 1 amide bonds. The summed E-state index contributed by atoms with van der Waals surface area (Å²) in [6, 6.07) is 11.4. The molecule has 2 rings (SSSR count). The minimum Gasteiger partial charge on any atom is -0.496 e. The number of hydrogen-bond acceptors (Lipinski definition) is 6. The average Bonchev–Trinajstić information content (AvgIpc) is 2.77. The van der Waals surface area contributed by atoms with Crippen LogP contribution in [0.3, 0.4) is 0 Å². The van der Waals surface area contributed by atoms with E-state index in [-0.39, 0.29) is 17.6 Å². The van der Waals surface area contributed by atoms with Gasteiger partial charge < -0.3 is 19.5 Å². The maximum atomic E-state index is 12.7. The Labute approximate surface area is 182 Å². The number of methoxy groups -OCH3 is 1. The van der Waals surface area contributed by atoms with Crippen LogP contribution < -0.4 is 10.1 Å². The summed E-state index contributed by atoms with van der Waals surface area (Å²) in [4.78, 5) is 37.0. The first kappa shape index (κ1) is 24.1. The fourth-order valence-corrected chi connectivity index (χ4v) is 2.75. The van der Waals surface area contributed by atoms with Crippen molar-refractivity contribution in [3.63, 3.8) is 0 Å². The Morgan fingerprint density at radius 1 is 0.968 bits per heavy atom. The van der Waals surface area contributed by atoms with E-state index in [0.29, 0.717) is 35.8 Å². The lowest BCUT2D eigenvalue weighted by Gasteiger charge is -2.14. The molecule has 0 heterocycles. The van der Waals surface area contributed by atoms with Crippen LogP contribution in [0.1, 0.15) is 54.0 Å². The smallest absolute Gasteiger partial charge is 0.338 e. The highest BCUT2D eigenvalue weighted by Gasteiger charge is 2.21. The van der Waals surface area contributed by atoms with E-state index in [1.54, 1.807) is 63.4 Å². The lowest BCUT2D eigenvalue weighted by atomic mass is 10.1. The zero-order valence-electron chi connectivity index (χ0n) is 18.6. The van der Waals surface area contributed by atoms with Gasteiger partial charge in [0.2, 0.25) is 11.7 Å². The standard InChI is InChI=1S/C24H29NO6/c1-6-30-14-19-13-18(9-12-21(19)29-5)24(28)31-16(4)22(26)17-7-10-20(11-8-17)25-23(27)15(2)3/h7-13,15-16H,6,14H2,1-5H3,(H,25,27)/t16-/m1/s1. The van der Waals surface area contributed by atoms with Gasteiger partial charge in [0.1, 0.15) is 5.75 Å². The van der Waals surface area contributed by atoms with Gasteiger partial charge in [-0.05, 0) is 56.3 Å². The third kappa shape index (κ3) is 6.65. The third-order valence-corrected chi connectivity index (χ3v) is 4.59. The van der Waals surface area contributed by atoms with Gasteiger partial charge in [0.15, 0.2) is 6.10 Å². The van der Waals surface area contributed by atoms with Crippen LogP contribution in [0.2, 0.25) is 0 Å². The predicted octanol–water partition coefficient (Wildman–Crippen LogP) is 4.25. The van der Waals surface area contributed by atoms with Crippen LogP contribution in [0.5, 0.6) is 5.75 Å². The third-order valence-electron chi connectivity index (χ3n) is 4.59. The highest BCUT2D eigenvalue weighted by atomic mass is 16.5. The zero-order valence-corrected chi connectivity index (χ0v) is 18.6. The minimum atomic E-state index is -0.971. The number of ether oxygens (including phenoxy) is 3. The number of carbonyl (C=O) groups is 3. The van der Waals surface area contributed by atoms with Gasteiger partial charge in [-0.2, -0.15) is 0 Å². The molecule has 31 heavy (non-hydrogen) atoms. The second-order valence-corrected chi connectivity index (χ2v) is 7.30. The molecule has 0 unspecified atom stereocenters. The van der Waals surface area contributed by atoms with Gasteiger partial charge in [-0.3, -0.25) is 9.59 Å². The first-order valence-corrected chi connectivity index (χ1v) is 10.2. The molecule has 2 aromatic rings. The van der Waals surface area contributed by atoms with Gasteiger partial charge in [-0.15, -0.1) is 0 Å². The Morgan fingerprint density at radius 2 is 1.61 bits per heavy atom. The van der Waals surface area contributed by atoms with Crippen molar-refractivity contribution in [1.82, 2.24) is 0 Å². The van der Waals surface area contributed by atoms with Gasteiger partial charge in [-0.1, -0.05) is 13.8 Å². The molecular weight excluding hydrogens is 398 g/mol. The fourth-order valence-electron chi connectivity index (χ4n) is 2.75. The fraction of sp³-hybridized carbons (Fsp3) is 0.375. The maximum absolute atomic E-state index is 12.7. The van der Waals surface area contributed by atoms with E-state index in [1.165, 1.54) is 6.92 Å². The number of esters is 1. The number of carbonyl (C=O) groups excluding carboxylic acids is 3. The van der Waals surface area contributed by atoms with Gasteiger partial charge in [0.25, 0.3) is 0 Å². The molecule has 0 aliphatic heterocycles. The van der Waals surface area contributed by atoms with Crippen molar-refractivity contribution in [3.05, 3.63) is 59.2 Å². The van der Waals surface area contributed by atoms with Crippen LogP contribution in [-0.4, -0.2) is 37.5 Å². The van der Waals surface area contributed by atoms with Crippen molar-refractivity contribution in [2.75, 3.05) is 19.0 Å². The predicted molar refractivity (Wildman–Crippen MR) is 117 cm³/mol. The van der Waals surface area contributed by atoms with Crippen molar-refractivity contribution < 1.29 is 28.6 Å². The normalized spacial score (nSPS) is 11.7. The number of anilines is 1. The molecule has 166 valence electrons. The second-order valence-electron chi connectivity index (χ2n) is 7.30. The first-order valence-electron chi connectivity index (χ1n) is 10.2. The Kier molecular flexibility index (Phi) is 8.75. The monoisotopic (exact) mass is 427 g/mol. The van der Waals surface area contributed by atoms with Crippen LogP contribution in [-0.2, 0) is 20.9 Å². The molecule has 0 radical (unpaired) electrons. The molecule has 7 heteroatoms. The molecule has 2 aromatic carbocycles. The molecule has 0 saturated heterocycles. The number of hydrogen-bond donors (Lipinski definition) is 1. The second kappa shape index (κ2) is 11.3. The largest absolute Gasteiger partial charge is 0.496 e. The van der Waals surface area contributed by atoms with Crippen molar-refractivity contribution in [2.24, 2.45) is 5.92 Å². The molecule has 0 spiro atoms. The molecule has 0 aliphatic rings. The summed E-state index contributed by atoms with van der Waals surface area (Å²) in [7, 11) is 1.54. The van der Waals surface area contributed by atoms with E-state index < -0.39 is 12.1 Å². The topological polar surface area (TPSA) is 90.9 Å². The number of amides is 1. The number of rotatable bonds is 10. The van der Waals surface area contributed by atoms with Crippen molar-refractivity contribution >= 4 is 23.3 Å². The zero-order chi connectivity index (χ0) is 23.0. The molecule has 1 atom stereocenters. The van der Waals surface area contributed by atoms with E-state index in [0.717, 1.165) is 5.56 Å². The van der Waals surface area contributed by atoms with E-state index in [2.05, 4.69) is 5.32 Å². The lowest BCUT2D eigenvalue weighted by molar-refractivity contribution is -0.118. The van der Waals surface area contributed by atoms with Crippen molar-refractivity contribution in [1.29, 1.82) is 0 Å². The van der Waals surface area contributed by atoms with Crippen LogP contribution in [0.25, 0.3) is 0 Å². The highest BCUT2D eigenvalue weighted by molar-refractivity contribution is 6.02. The SMILES string of the molecule is CCOCc1cc(C(=O)O[C@H](C)C(=O)c2ccc(NC(=O)C(C)C)cc2)ccc1OC. The molecule has 0 aromatic heterocycles. The van der Waals surface area contributed by atoms with Gasteiger partial charge in [0.05, 0.1) is 19.3 Å². The average molecular weight is 427 g/mol. The highest BCUT2D eigenvalue weighted by Crippen LogP contribution is 2.22. The summed E-state index contributed by atoms with van der Waals surface area (Å²) in [5.74, 6) is -0.587. The number of ketones is 1. The van der Waals surface area contributed by atoms with Crippen LogP contribution >= 0.6 is 0 Å². The van der Waals surface area contributed by atoms with E-state index in [4.69, 9.17) is 14.2 Å². The summed E-state index contributed by atoms with van der Waals surface area (Å²) in [5, 5.41) is 2.76. The molecule has 7 nitrogen and oxygen atoms in total. The van der Waals surface area contributed by atoms with Crippen LogP contribution in [0.15, 0.2) is 42.5 Å². The van der Waals surface area contributed by atoms with Gasteiger partial charge in [0, 0.05) is 29.3 Å². The Morgan fingerprint density at radius 3 is 2.19 bits per heavy atom. The maximum Gasteiger partial charge on any atom is 0.338 e. The quantitative estimate of drug-likeness (QED) is 0.450. The molecule has 0 aliphatic carbocycles. The summed E-state index contributed by atoms with van der Waals surface area (Å²) < 4.78 is 16.1. The van der Waals surface area contributed by atoms with Crippen molar-refractivity contribution in [3.8, 4) is 5.75 Å². The van der Waals surface area contributed by atoms with Crippen LogP contribution in [0, 0.1) is 5.92 Å². The summed E-state index contributed by atoms with van der Waals surface area (Å²) in [6.45, 7) is 7.83. The summed E-state index contributed by atoms with van der Waals surface area (Å²) in [6.07, 6.45) is -0.971. The summed E-state index contributed by atoms with van der Waals surface area (Å²) in [5.41, 5.74) is 2.01. The van der Waals surface area contributed by atoms with E-state index in [1.807, 2.05) is 6.92 Å². The van der Waals surface area contributed by atoms with Gasteiger partial charge in [-0.25, -0.2) is 4.79 Å². The summed E-state index contributed by atoms with van der Waals surface area (Å²) >= 11 is 0. The minimum absolute atomic E-state index is 0.107. The van der Waals surface area contributed by atoms with E-state index in [9.17, 15) is 14.4 Å². The number of nitrogens with one attached hydrogen (secondary N) is 1. The Hall–Kier alpha value is -3.19. The first-order chi connectivity index (χ1) is 14.8.